The van der Waals surface area contributed by atoms with Gasteiger partial charge in [0.25, 0.3) is 0 Å². The molecule has 1 aliphatic heterocycles. The van der Waals surface area contributed by atoms with E-state index >= 15 is 0 Å². The molecule has 1 aliphatic rings. The third-order valence-corrected chi connectivity index (χ3v) is 3.51. The second kappa shape index (κ2) is 7.55. The van der Waals surface area contributed by atoms with Crippen molar-refractivity contribution in [2.45, 2.75) is 71.2 Å². The first-order chi connectivity index (χ1) is 10.5. The lowest BCUT2D eigenvalue weighted by Gasteiger charge is -2.38. The summed E-state index contributed by atoms with van der Waals surface area (Å²) in [6, 6.07) is 0. The van der Waals surface area contributed by atoms with Gasteiger partial charge in [0.2, 0.25) is 0 Å². The fourth-order valence-corrected chi connectivity index (χ4v) is 2.21. The largest absolute Gasteiger partial charge is 0.444 e. The minimum atomic E-state index is -0.500. The van der Waals surface area contributed by atoms with E-state index in [1.54, 1.807) is 12.0 Å². The van der Waals surface area contributed by atoms with Crippen LogP contribution < -0.4 is 0 Å². The van der Waals surface area contributed by atoms with Crippen LogP contribution in [0.15, 0.2) is 0 Å². The average molecular weight is 325 g/mol. The first-order valence-electron chi connectivity index (χ1n) is 8.13. The number of carbonyl (C=O) groups is 1. The maximum Gasteiger partial charge on any atom is 0.410 e. The molecular weight excluding hydrogens is 294 g/mol. The molecule has 5 nitrogen and oxygen atoms in total. The minimum absolute atomic E-state index is 0.199. The zero-order chi connectivity index (χ0) is 17.7. The van der Waals surface area contributed by atoms with Crippen molar-refractivity contribution < 1.29 is 19.0 Å². The van der Waals surface area contributed by atoms with Gasteiger partial charge in [-0.1, -0.05) is 11.8 Å². The van der Waals surface area contributed by atoms with Crippen LogP contribution in [0.25, 0.3) is 0 Å². The fourth-order valence-electron chi connectivity index (χ4n) is 2.21. The van der Waals surface area contributed by atoms with Crippen molar-refractivity contribution in [3.05, 3.63) is 0 Å². The second-order valence-electron chi connectivity index (χ2n) is 7.87. The zero-order valence-electron chi connectivity index (χ0n) is 15.6. The van der Waals surface area contributed by atoms with E-state index in [2.05, 4.69) is 11.8 Å². The van der Waals surface area contributed by atoms with Crippen LogP contribution in [-0.4, -0.2) is 54.6 Å². The molecule has 0 saturated carbocycles. The van der Waals surface area contributed by atoms with E-state index in [1.165, 1.54) is 0 Å². The molecule has 0 aromatic carbocycles. The van der Waals surface area contributed by atoms with Crippen LogP contribution in [0, 0.1) is 11.8 Å². The number of amides is 1. The van der Waals surface area contributed by atoms with E-state index in [0.29, 0.717) is 32.5 Å². The lowest BCUT2D eigenvalue weighted by Crippen LogP contribution is -2.48. The Morgan fingerprint density at radius 2 is 1.65 bits per heavy atom. The number of likely N-dealkylation sites (tertiary alicyclic amines) is 1. The maximum atomic E-state index is 12.1. The molecule has 132 valence electrons. The molecule has 0 bridgehead atoms. The molecule has 0 unspecified atom stereocenters. The van der Waals surface area contributed by atoms with E-state index in [1.807, 2.05) is 41.5 Å². The smallest absolute Gasteiger partial charge is 0.410 e. The number of piperidine rings is 1. The lowest BCUT2D eigenvalue weighted by molar-refractivity contribution is -0.0256. The van der Waals surface area contributed by atoms with Crippen LogP contribution in [-0.2, 0) is 14.2 Å². The molecule has 0 N–H and O–H groups in total. The van der Waals surface area contributed by atoms with Gasteiger partial charge < -0.3 is 19.1 Å². The second-order valence-corrected chi connectivity index (χ2v) is 7.87. The SMILES string of the molecule is COC1(C#CCOC(C)(C)C)CCN(C(=O)OC(C)(C)C)CC1. The van der Waals surface area contributed by atoms with Gasteiger partial charge in [-0.05, 0) is 41.5 Å². The molecule has 1 heterocycles. The third kappa shape index (κ3) is 7.24. The molecule has 0 atom stereocenters. The minimum Gasteiger partial charge on any atom is -0.444 e. The Hall–Kier alpha value is -1.25. The van der Waals surface area contributed by atoms with Crippen LogP contribution >= 0.6 is 0 Å². The van der Waals surface area contributed by atoms with Gasteiger partial charge in [0.05, 0.1) is 5.60 Å². The van der Waals surface area contributed by atoms with Gasteiger partial charge in [0.15, 0.2) is 0 Å². The highest BCUT2D eigenvalue weighted by Crippen LogP contribution is 2.26. The quantitative estimate of drug-likeness (QED) is 0.731. The van der Waals surface area contributed by atoms with Crippen molar-refractivity contribution >= 4 is 6.09 Å². The van der Waals surface area contributed by atoms with Crippen LogP contribution in [0.2, 0.25) is 0 Å². The predicted molar refractivity (Wildman–Crippen MR) is 90.3 cm³/mol. The van der Waals surface area contributed by atoms with Gasteiger partial charge in [0.1, 0.15) is 17.8 Å². The highest BCUT2D eigenvalue weighted by Gasteiger charge is 2.35. The van der Waals surface area contributed by atoms with E-state index in [0.717, 1.165) is 0 Å². The lowest BCUT2D eigenvalue weighted by atomic mass is 9.92. The third-order valence-electron chi connectivity index (χ3n) is 3.51. The summed E-state index contributed by atoms with van der Waals surface area (Å²) in [5, 5.41) is 0. The topological polar surface area (TPSA) is 48.0 Å². The summed E-state index contributed by atoms with van der Waals surface area (Å²) in [6.07, 6.45) is 1.07. The molecule has 1 saturated heterocycles. The molecule has 1 fully saturated rings. The number of carbonyl (C=O) groups excluding carboxylic acids is 1. The number of rotatable bonds is 2. The van der Waals surface area contributed by atoms with Crippen molar-refractivity contribution in [2.75, 3.05) is 26.8 Å². The van der Waals surface area contributed by atoms with E-state index in [-0.39, 0.29) is 11.7 Å². The molecule has 0 aromatic heterocycles. The van der Waals surface area contributed by atoms with Crippen LogP contribution in [0.4, 0.5) is 4.79 Å². The van der Waals surface area contributed by atoms with Crippen LogP contribution in [0.3, 0.4) is 0 Å². The average Bonchev–Trinajstić information content (AvgIpc) is 2.41. The number of hydrogen-bond donors (Lipinski definition) is 0. The summed E-state index contributed by atoms with van der Waals surface area (Å²) in [6.45, 7) is 13.2. The predicted octanol–water partition coefficient (Wildman–Crippen LogP) is 3.22. The Kier molecular flexibility index (Phi) is 6.49. The highest BCUT2D eigenvalue weighted by atomic mass is 16.6. The Labute approximate surface area is 140 Å². The van der Waals surface area contributed by atoms with Gasteiger partial charge in [-0.3, -0.25) is 0 Å². The number of hydrogen-bond acceptors (Lipinski definition) is 4. The van der Waals surface area contributed by atoms with Gasteiger partial charge in [-0.25, -0.2) is 4.79 Å². The Balaban J connectivity index is 2.56. The van der Waals surface area contributed by atoms with Gasteiger partial charge in [-0.2, -0.15) is 0 Å². The van der Waals surface area contributed by atoms with Crippen molar-refractivity contribution in [3.8, 4) is 11.8 Å². The number of ether oxygens (including phenoxy) is 3. The first kappa shape index (κ1) is 19.8. The van der Waals surface area contributed by atoms with E-state index in [9.17, 15) is 4.79 Å². The first-order valence-corrected chi connectivity index (χ1v) is 8.13. The molecule has 0 spiro atoms. The van der Waals surface area contributed by atoms with Gasteiger partial charge in [0, 0.05) is 33.0 Å². The summed E-state index contributed by atoms with van der Waals surface area (Å²) in [5.74, 6) is 6.24. The molecule has 1 rings (SSSR count). The Morgan fingerprint density at radius 1 is 1.09 bits per heavy atom. The van der Waals surface area contributed by atoms with E-state index < -0.39 is 11.2 Å². The normalized spacial score (nSPS) is 18.1. The van der Waals surface area contributed by atoms with Crippen molar-refractivity contribution in [1.82, 2.24) is 4.90 Å². The fraction of sp³-hybridized carbons (Fsp3) is 0.833. The number of methoxy groups -OCH3 is 1. The number of nitrogens with zero attached hydrogens (tertiary/aromatic N) is 1. The summed E-state index contributed by atoms with van der Waals surface area (Å²) in [4.78, 5) is 13.8. The zero-order valence-corrected chi connectivity index (χ0v) is 15.6. The molecule has 0 radical (unpaired) electrons. The molecule has 1 amide bonds. The molecule has 0 aromatic rings. The van der Waals surface area contributed by atoms with Crippen molar-refractivity contribution in [2.24, 2.45) is 0 Å². The maximum absolute atomic E-state index is 12.1. The monoisotopic (exact) mass is 325 g/mol. The molecular formula is C18H31NO4. The van der Waals surface area contributed by atoms with Gasteiger partial charge in [-0.15, -0.1) is 0 Å². The molecule has 5 heteroatoms. The summed E-state index contributed by atoms with van der Waals surface area (Å²) in [7, 11) is 1.67. The van der Waals surface area contributed by atoms with Crippen LogP contribution in [0.1, 0.15) is 54.4 Å². The summed E-state index contributed by atoms with van der Waals surface area (Å²) >= 11 is 0. The van der Waals surface area contributed by atoms with Crippen molar-refractivity contribution in [1.29, 1.82) is 0 Å². The highest BCUT2D eigenvalue weighted by molar-refractivity contribution is 5.68. The summed E-state index contributed by atoms with van der Waals surface area (Å²) < 4.78 is 16.6. The standard InChI is InChI=1S/C18H31NO4/c1-16(2,3)22-14-8-9-18(21-7)10-12-19(13-11-18)15(20)23-17(4,5)6/h10-14H2,1-7H3. The van der Waals surface area contributed by atoms with E-state index in [4.69, 9.17) is 14.2 Å². The molecule has 0 aliphatic carbocycles. The van der Waals surface area contributed by atoms with Crippen LogP contribution in [0.5, 0.6) is 0 Å². The van der Waals surface area contributed by atoms with Crippen molar-refractivity contribution in [3.63, 3.8) is 0 Å². The Bertz CT molecular complexity index is 454. The summed E-state index contributed by atoms with van der Waals surface area (Å²) in [5.41, 5.74) is -1.17. The Morgan fingerprint density at radius 3 is 2.09 bits per heavy atom. The molecule has 23 heavy (non-hydrogen) atoms. The van der Waals surface area contributed by atoms with Gasteiger partial charge >= 0.3 is 6.09 Å².